The number of hydrogen-bond donors (Lipinski definition) is 1. The second-order valence-corrected chi connectivity index (χ2v) is 7.55. The molecule has 1 N–H and O–H groups in total. The highest BCUT2D eigenvalue weighted by Gasteiger charge is 2.38. The number of alkyl halides is 3. The molecule has 2 heterocycles. The van der Waals surface area contributed by atoms with Gasteiger partial charge in [0.25, 0.3) is 5.56 Å². The summed E-state index contributed by atoms with van der Waals surface area (Å²) in [6.07, 6.45) is -4.96. The lowest BCUT2D eigenvalue weighted by Gasteiger charge is -2.15. The molecule has 0 unspecified atom stereocenters. The van der Waals surface area contributed by atoms with Crippen LogP contribution in [0.4, 0.5) is 24.8 Å². The number of benzene rings is 2. The molecule has 2 aromatic heterocycles. The average molecular weight is 499 g/mol. The fourth-order valence-corrected chi connectivity index (χ4v) is 3.12. The van der Waals surface area contributed by atoms with Gasteiger partial charge in [-0.25, -0.2) is 4.98 Å². The van der Waals surface area contributed by atoms with Gasteiger partial charge in [-0.2, -0.15) is 18.4 Å². The van der Waals surface area contributed by atoms with Gasteiger partial charge >= 0.3 is 6.18 Å². The zero-order valence-corrected chi connectivity index (χ0v) is 18.4. The van der Waals surface area contributed by atoms with Crippen LogP contribution in [-0.4, -0.2) is 19.7 Å². The zero-order valence-electron chi connectivity index (χ0n) is 17.6. The van der Waals surface area contributed by atoms with Crippen LogP contribution in [0.3, 0.4) is 0 Å². The molecule has 0 saturated carbocycles. The monoisotopic (exact) mass is 498 g/mol. The van der Waals surface area contributed by atoms with Gasteiger partial charge in [0.05, 0.1) is 6.54 Å². The maximum atomic E-state index is 13.3. The topological polar surface area (TPSA) is 106 Å². The van der Waals surface area contributed by atoms with E-state index in [-0.39, 0.29) is 24.1 Å². The zero-order chi connectivity index (χ0) is 25.0. The summed E-state index contributed by atoms with van der Waals surface area (Å²) in [5.41, 5.74) is -1.81. The smallest absolute Gasteiger partial charge is 0.439 e. The number of aromatic nitrogens is 4. The van der Waals surface area contributed by atoms with Crippen molar-refractivity contribution in [3.05, 3.63) is 99.1 Å². The Morgan fingerprint density at radius 1 is 1.03 bits per heavy atom. The highest BCUT2D eigenvalue weighted by molar-refractivity contribution is 6.30. The Morgan fingerprint density at radius 2 is 1.74 bits per heavy atom. The van der Waals surface area contributed by atoms with Gasteiger partial charge in [0.2, 0.25) is 17.5 Å². The summed E-state index contributed by atoms with van der Waals surface area (Å²) in [5, 5.41) is 18.9. The molecule has 8 nitrogen and oxygen atoms in total. The van der Waals surface area contributed by atoms with E-state index in [2.05, 4.69) is 20.5 Å². The van der Waals surface area contributed by atoms with E-state index in [9.17, 15) is 18.0 Å². The van der Waals surface area contributed by atoms with Crippen molar-refractivity contribution in [3.8, 4) is 17.7 Å². The molecule has 0 amide bonds. The lowest BCUT2D eigenvalue weighted by Crippen LogP contribution is -2.33. The Morgan fingerprint density at radius 3 is 2.40 bits per heavy atom. The number of halogens is 4. The molecule has 0 radical (unpaired) electrons. The highest BCUT2D eigenvalue weighted by Crippen LogP contribution is 2.26. The Bertz CT molecular complexity index is 1450. The van der Waals surface area contributed by atoms with E-state index in [1.54, 1.807) is 60.7 Å². The molecule has 176 valence electrons. The van der Waals surface area contributed by atoms with Crippen molar-refractivity contribution in [2.24, 2.45) is 0 Å². The number of ether oxygens (including phenoxy) is 1. The number of rotatable bonds is 6. The minimum Gasteiger partial charge on any atom is -0.439 e. The first-order valence-electron chi connectivity index (χ1n) is 9.94. The molecular formula is C23H14ClF3N6O2. The quantitative estimate of drug-likeness (QED) is 0.391. The van der Waals surface area contributed by atoms with Crippen LogP contribution in [0.1, 0.15) is 17.0 Å². The van der Waals surface area contributed by atoms with E-state index in [1.165, 1.54) is 6.07 Å². The third-order valence-electron chi connectivity index (χ3n) is 4.64. The van der Waals surface area contributed by atoms with Gasteiger partial charge in [-0.15, -0.1) is 10.2 Å². The molecule has 35 heavy (non-hydrogen) atoms. The van der Waals surface area contributed by atoms with Crippen molar-refractivity contribution in [2.75, 3.05) is 5.32 Å². The molecule has 0 saturated heterocycles. The number of nitrogens with zero attached hydrogens (tertiary/aromatic N) is 5. The molecular weight excluding hydrogens is 485 g/mol. The fourth-order valence-electron chi connectivity index (χ4n) is 3.00. The summed E-state index contributed by atoms with van der Waals surface area (Å²) in [6, 6.07) is 19.3. The maximum Gasteiger partial charge on any atom is 0.440 e. The molecule has 4 rings (SSSR count). The number of pyridine rings is 1. The largest absolute Gasteiger partial charge is 0.440 e. The van der Waals surface area contributed by atoms with Crippen LogP contribution < -0.4 is 15.6 Å². The first-order valence-corrected chi connectivity index (χ1v) is 10.3. The van der Waals surface area contributed by atoms with Crippen molar-refractivity contribution in [1.29, 1.82) is 5.26 Å². The van der Waals surface area contributed by atoms with Gasteiger partial charge in [0, 0.05) is 16.8 Å². The normalized spacial score (nSPS) is 11.1. The molecule has 2 aromatic carbocycles. The van der Waals surface area contributed by atoms with Crippen LogP contribution in [0.15, 0.2) is 71.5 Å². The predicted octanol–water partition coefficient (Wildman–Crippen LogP) is 5.16. The first kappa shape index (κ1) is 23.7. The Balaban J connectivity index is 1.61. The van der Waals surface area contributed by atoms with Crippen molar-refractivity contribution in [1.82, 2.24) is 19.7 Å². The van der Waals surface area contributed by atoms with Crippen molar-refractivity contribution >= 4 is 23.2 Å². The molecule has 0 aliphatic rings. The Kier molecular flexibility index (Phi) is 6.66. The van der Waals surface area contributed by atoms with Crippen molar-refractivity contribution < 1.29 is 17.9 Å². The van der Waals surface area contributed by atoms with Crippen LogP contribution in [0.25, 0.3) is 0 Å². The van der Waals surface area contributed by atoms with Gasteiger partial charge < -0.3 is 10.1 Å². The van der Waals surface area contributed by atoms with Crippen LogP contribution in [-0.2, 0) is 12.7 Å². The lowest BCUT2D eigenvalue weighted by molar-refractivity contribution is -0.143. The minimum atomic E-state index is -4.96. The van der Waals surface area contributed by atoms with Gasteiger partial charge in [0.1, 0.15) is 17.5 Å². The van der Waals surface area contributed by atoms with E-state index >= 15 is 0 Å². The van der Waals surface area contributed by atoms with Crippen molar-refractivity contribution in [2.45, 2.75) is 12.7 Å². The Labute approximate surface area is 201 Å². The van der Waals surface area contributed by atoms with Gasteiger partial charge in [0.15, 0.2) is 0 Å². The van der Waals surface area contributed by atoms with Crippen LogP contribution in [0.5, 0.6) is 11.6 Å². The number of anilines is 2. The number of nitrogens with one attached hydrogen (secondary N) is 1. The summed E-state index contributed by atoms with van der Waals surface area (Å²) >= 11 is 5.87. The SMILES string of the molecule is N#Cc1cccc(Oc2ccc(Nc3nnc(C(F)(F)F)c(=O)n3Cc3ccc(Cl)cc3)cc2)n1. The summed E-state index contributed by atoms with van der Waals surface area (Å²) in [4.78, 5) is 16.6. The van der Waals surface area contributed by atoms with Gasteiger partial charge in [-0.1, -0.05) is 29.8 Å². The van der Waals surface area contributed by atoms with E-state index in [1.807, 2.05) is 6.07 Å². The second kappa shape index (κ2) is 9.82. The van der Waals surface area contributed by atoms with Crippen molar-refractivity contribution in [3.63, 3.8) is 0 Å². The number of nitriles is 1. The summed E-state index contributed by atoms with van der Waals surface area (Å²) in [7, 11) is 0. The molecule has 0 aliphatic heterocycles. The van der Waals surface area contributed by atoms with Gasteiger partial charge in [-0.05, 0) is 48.0 Å². The fraction of sp³-hybridized carbons (Fsp3) is 0.0870. The molecule has 0 atom stereocenters. The van der Waals surface area contributed by atoms with Crippen LogP contribution in [0, 0.1) is 11.3 Å². The van der Waals surface area contributed by atoms with E-state index < -0.39 is 17.4 Å². The molecule has 0 spiro atoms. The van der Waals surface area contributed by atoms with E-state index in [0.717, 1.165) is 4.57 Å². The third kappa shape index (κ3) is 5.74. The summed E-state index contributed by atoms with van der Waals surface area (Å²) < 4.78 is 46.2. The highest BCUT2D eigenvalue weighted by atomic mass is 35.5. The molecule has 0 fully saturated rings. The van der Waals surface area contributed by atoms with Crippen LogP contribution in [0.2, 0.25) is 5.02 Å². The summed E-state index contributed by atoms with van der Waals surface area (Å²) in [5.74, 6) is 0.431. The molecule has 12 heteroatoms. The molecule has 4 aromatic rings. The lowest BCUT2D eigenvalue weighted by atomic mass is 10.2. The third-order valence-corrected chi connectivity index (χ3v) is 4.89. The second-order valence-electron chi connectivity index (χ2n) is 7.11. The Hall–Kier alpha value is -4.43. The molecule has 0 bridgehead atoms. The average Bonchev–Trinajstić information content (AvgIpc) is 2.83. The predicted molar refractivity (Wildman–Crippen MR) is 121 cm³/mol. The van der Waals surface area contributed by atoms with E-state index in [4.69, 9.17) is 21.6 Å². The maximum absolute atomic E-state index is 13.3. The summed E-state index contributed by atoms with van der Waals surface area (Å²) in [6.45, 7) is -0.195. The first-order chi connectivity index (χ1) is 16.7. The minimum absolute atomic E-state index is 0.185. The molecule has 0 aliphatic carbocycles. The van der Waals surface area contributed by atoms with Gasteiger partial charge in [-0.3, -0.25) is 9.36 Å². The number of hydrogen-bond acceptors (Lipinski definition) is 7. The van der Waals surface area contributed by atoms with Crippen LogP contribution >= 0.6 is 11.6 Å². The standard InChI is InChI=1S/C23H14ClF3N6O2/c24-15-6-4-14(5-7-15)13-33-21(34)20(23(25,26)27)31-32-22(33)30-16-8-10-18(11-9-16)35-19-3-1-2-17(12-28)29-19/h1-11H,13H2,(H,30,32). The van der Waals surface area contributed by atoms with E-state index in [0.29, 0.717) is 22.0 Å².